The van der Waals surface area contributed by atoms with Crippen LogP contribution in [0.2, 0.25) is 0 Å². The summed E-state index contributed by atoms with van der Waals surface area (Å²) in [7, 11) is 0. The maximum Gasteiger partial charge on any atom is 0.276 e. The molecule has 1 aromatic heterocycles. The second-order valence-corrected chi connectivity index (χ2v) is 8.06. The van der Waals surface area contributed by atoms with Crippen molar-refractivity contribution in [2.45, 2.75) is 6.92 Å². The van der Waals surface area contributed by atoms with E-state index in [9.17, 15) is 14.9 Å². The Bertz CT molecular complexity index is 1460. The van der Waals surface area contributed by atoms with Crippen molar-refractivity contribution in [2.24, 2.45) is 10.1 Å². The lowest BCUT2D eigenvalue weighted by atomic mass is 10.1. The molecule has 0 saturated carbocycles. The minimum atomic E-state index is -0.534. The van der Waals surface area contributed by atoms with Crippen molar-refractivity contribution in [2.75, 3.05) is 0 Å². The van der Waals surface area contributed by atoms with Gasteiger partial charge in [-0.05, 0) is 43.3 Å². The first-order valence-electron chi connectivity index (χ1n) is 9.82. The number of nitrogens with zero attached hydrogens (tertiary/aromatic N) is 3. The molecule has 1 heterocycles. The number of benzene rings is 3. The number of nitro benzene ring substituents is 1. The highest BCUT2D eigenvalue weighted by atomic mass is 79.9. The van der Waals surface area contributed by atoms with Crippen LogP contribution in [0.1, 0.15) is 21.5 Å². The summed E-state index contributed by atoms with van der Waals surface area (Å²) in [6.45, 7) is 1.97. The largest absolute Gasteiger partial charge is 0.438 e. The summed E-state index contributed by atoms with van der Waals surface area (Å²) in [6.07, 6.45) is 1.33. The number of amides is 1. The standard InChI is InChI=1S/C24H17BrN4O4/c1-15-5-8-19(9-6-15)27-24-21(13-17-12-18(25)7-10-22(17)33-24)23(30)28-26-14-16-3-2-4-20(11-16)29(31)32/h2-14H,1H3,(H,28,30). The number of nitro groups is 1. The zero-order valence-corrected chi connectivity index (χ0v) is 18.9. The Morgan fingerprint density at radius 2 is 1.88 bits per heavy atom. The first-order chi connectivity index (χ1) is 15.9. The maximum absolute atomic E-state index is 12.9. The molecule has 0 atom stereocenters. The molecule has 8 nitrogen and oxygen atoms in total. The molecular formula is C24H17BrN4O4. The summed E-state index contributed by atoms with van der Waals surface area (Å²) in [4.78, 5) is 27.9. The Morgan fingerprint density at radius 1 is 1.09 bits per heavy atom. The molecule has 1 amide bonds. The van der Waals surface area contributed by atoms with Crippen molar-refractivity contribution in [3.63, 3.8) is 0 Å². The normalized spacial score (nSPS) is 11.8. The predicted octanol–water partition coefficient (Wildman–Crippen LogP) is 5.41. The highest BCUT2D eigenvalue weighted by Crippen LogP contribution is 2.20. The molecule has 4 aromatic rings. The molecule has 0 unspecified atom stereocenters. The van der Waals surface area contributed by atoms with Crippen molar-refractivity contribution >= 4 is 50.4 Å². The molecule has 164 valence electrons. The van der Waals surface area contributed by atoms with Crippen LogP contribution in [0, 0.1) is 17.0 Å². The fraction of sp³-hybridized carbons (Fsp3) is 0.0417. The number of hydrogen-bond acceptors (Lipinski definition) is 6. The number of carbonyl (C=O) groups excluding carboxylic acids is 1. The van der Waals surface area contributed by atoms with Crippen molar-refractivity contribution in [3.8, 4) is 0 Å². The fourth-order valence-electron chi connectivity index (χ4n) is 3.03. The van der Waals surface area contributed by atoms with E-state index in [1.165, 1.54) is 18.3 Å². The highest BCUT2D eigenvalue weighted by molar-refractivity contribution is 9.10. The van der Waals surface area contributed by atoms with Gasteiger partial charge in [0.25, 0.3) is 11.6 Å². The highest BCUT2D eigenvalue weighted by Gasteiger charge is 2.13. The van der Waals surface area contributed by atoms with Crippen molar-refractivity contribution in [1.82, 2.24) is 5.43 Å². The number of halogens is 1. The number of carbonyl (C=O) groups is 1. The number of non-ortho nitro benzene ring substituents is 1. The van der Waals surface area contributed by atoms with Gasteiger partial charge >= 0.3 is 0 Å². The molecule has 4 rings (SSSR count). The molecule has 9 heteroatoms. The Balaban J connectivity index is 1.70. The average molecular weight is 505 g/mol. The van der Waals surface area contributed by atoms with Gasteiger partial charge in [0.15, 0.2) is 0 Å². The summed E-state index contributed by atoms with van der Waals surface area (Å²) in [5, 5.41) is 15.6. The van der Waals surface area contributed by atoms with Crippen LogP contribution in [0.15, 0.2) is 91.8 Å². The Morgan fingerprint density at radius 3 is 2.64 bits per heavy atom. The number of fused-ring (bicyclic) bond motifs is 1. The quantitative estimate of drug-likeness (QED) is 0.222. The third-order valence-electron chi connectivity index (χ3n) is 4.68. The molecule has 0 fully saturated rings. The van der Waals surface area contributed by atoms with Gasteiger partial charge in [-0.3, -0.25) is 14.9 Å². The van der Waals surface area contributed by atoms with Crippen LogP contribution in [0.5, 0.6) is 0 Å². The molecule has 0 saturated heterocycles. The fourth-order valence-corrected chi connectivity index (χ4v) is 3.41. The second-order valence-electron chi connectivity index (χ2n) is 7.15. The smallest absolute Gasteiger partial charge is 0.276 e. The van der Waals surface area contributed by atoms with Crippen LogP contribution < -0.4 is 11.0 Å². The van der Waals surface area contributed by atoms with E-state index in [4.69, 9.17) is 4.42 Å². The van der Waals surface area contributed by atoms with Gasteiger partial charge in [0.1, 0.15) is 11.1 Å². The van der Waals surface area contributed by atoms with Gasteiger partial charge in [-0.15, -0.1) is 0 Å². The van der Waals surface area contributed by atoms with Crippen molar-refractivity contribution in [3.05, 3.63) is 110 Å². The second kappa shape index (κ2) is 9.58. The number of rotatable bonds is 5. The summed E-state index contributed by atoms with van der Waals surface area (Å²) < 4.78 is 6.77. The SMILES string of the molecule is Cc1ccc(N=c2oc3ccc(Br)cc3cc2C(=O)NN=Cc2cccc([N+](=O)[O-])c2)cc1. The van der Waals surface area contributed by atoms with Crippen LogP contribution in [0.4, 0.5) is 11.4 Å². The summed E-state index contributed by atoms with van der Waals surface area (Å²) in [6, 6.07) is 20.5. The van der Waals surface area contributed by atoms with E-state index in [0.717, 1.165) is 10.0 Å². The van der Waals surface area contributed by atoms with E-state index in [1.807, 2.05) is 43.3 Å². The van der Waals surface area contributed by atoms with Crippen molar-refractivity contribution < 1.29 is 14.1 Å². The zero-order chi connectivity index (χ0) is 23.4. The Kier molecular flexibility index (Phi) is 6.41. The van der Waals surface area contributed by atoms with E-state index in [2.05, 4.69) is 31.4 Å². The molecule has 0 spiro atoms. The van der Waals surface area contributed by atoms with Crippen LogP contribution in [-0.4, -0.2) is 17.0 Å². The lowest BCUT2D eigenvalue weighted by Crippen LogP contribution is -2.25. The van der Waals surface area contributed by atoms with Crippen molar-refractivity contribution in [1.29, 1.82) is 0 Å². The summed E-state index contributed by atoms with van der Waals surface area (Å²) in [5.74, 6) is -0.534. The first-order valence-corrected chi connectivity index (χ1v) is 10.6. The Hall–Kier alpha value is -4.11. The summed E-state index contributed by atoms with van der Waals surface area (Å²) >= 11 is 3.42. The van der Waals surface area contributed by atoms with E-state index in [-0.39, 0.29) is 16.8 Å². The van der Waals surface area contributed by atoms with Gasteiger partial charge in [0, 0.05) is 27.6 Å². The van der Waals surface area contributed by atoms with Crippen LogP contribution in [0.25, 0.3) is 11.0 Å². The minimum absolute atomic E-state index is 0.0663. The number of hydrazone groups is 1. The molecular weight excluding hydrogens is 488 g/mol. The summed E-state index contributed by atoms with van der Waals surface area (Å²) in [5.41, 5.74) is 5.46. The monoisotopic (exact) mass is 504 g/mol. The van der Waals surface area contributed by atoms with Gasteiger partial charge in [-0.25, -0.2) is 10.4 Å². The van der Waals surface area contributed by atoms with Gasteiger partial charge in [0.2, 0.25) is 5.55 Å². The molecule has 1 N–H and O–H groups in total. The van der Waals surface area contributed by atoms with Gasteiger partial charge in [-0.2, -0.15) is 5.10 Å². The lowest BCUT2D eigenvalue weighted by Gasteiger charge is -2.05. The van der Waals surface area contributed by atoms with Crippen LogP contribution in [-0.2, 0) is 0 Å². The molecule has 33 heavy (non-hydrogen) atoms. The van der Waals surface area contributed by atoms with E-state index >= 15 is 0 Å². The Labute approximate surface area is 196 Å². The average Bonchev–Trinajstić information content (AvgIpc) is 2.80. The minimum Gasteiger partial charge on any atom is -0.438 e. The van der Waals surface area contributed by atoms with Gasteiger partial charge in [-0.1, -0.05) is 45.8 Å². The third kappa shape index (κ3) is 5.39. The molecule has 3 aromatic carbocycles. The topological polar surface area (TPSA) is 110 Å². The third-order valence-corrected chi connectivity index (χ3v) is 5.17. The lowest BCUT2D eigenvalue weighted by molar-refractivity contribution is -0.384. The predicted molar refractivity (Wildman–Crippen MR) is 128 cm³/mol. The van der Waals surface area contributed by atoms with E-state index in [0.29, 0.717) is 22.2 Å². The number of hydrogen-bond donors (Lipinski definition) is 1. The van der Waals surface area contributed by atoms with Crippen LogP contribution >= 0.6 is 15.9 Å². The van der Waals surface area contributed by atoms with Gasteiger partial charge in [0.05, 0.1) is 16.8 Å². The van der Waals surface area contributed by atoms with Gasteiger partial charge < -0.3 is 4.42 Å². The molecule has 0 bridgehead atoms. The molecule has 0 aliphatic carbocycles. The van der Waals surface area contributed by atoms with E-state index in [1.54, 1.807) is 24.3 Å². The number of nitrogens with one attached hydrogen (secondary N) is 1. The van der Waals surface area contributed by atoms with Crippen LogP contribution in [0.3, 0.4) is 0 Å². The zero-order valence-electron chi connectivity index (χ0n) is 17.4. The van der Waals surface area contributed by atoms with E-state index < -0.39 is 10.8 Å². The maximum atomic E-state index is 12.9. The molecule has 0 aliphatic rings. The first kappa shape index (κ1) is 22.1. The molecule has 0 aliphatic heterocycles. The number of aryl methyl sites for hydroxylation is 1. The molecule has 0 radical (unpaired) electrons.